The summed E-state index contributed by atoms with van der Waals surface area (Å²) in [5.41, 5.74) is 4.76. The molecule has 5 heteroatoms. The van der Waals surface area contributed by atoms with Crippen LogP contribution < -0.4 is 5.32 Å². The molecule has 0 unspecified atom stereocenters. The zero-order valence-electron chi connectivity index (χ0n) is 15.3. The molecule has 140 valence electrons. The summed E-state index contributed by atoms with van der Waals surface area (Å²) in [5, 5.41) is 13.8. The van der Waals surface area contributed by atoms with Crippen molar-refractivity contribution < 1.29 is 9.90 Å². The lowest BCUT2D eigenvalue weighted by molar-refractivity contribution is 0.0916. The van der Waals surface area contributed by atoms with Crippen molar-refractivity contribution in [3.63, 3.8) is 0 Å². The number of aliphatic hydroxyl groups excluding tert-OH is 1. The lowest BCUT2D eigenvalue weighted by Gasteiger charge is -2.16. The standard InChI is InChI=1S/C23H21N3O2/c27-15-20(13-19-14-25-22-4-2-1-3-21(19)22)26-23(28)18-7-5-16(6-8-18)17-9-11-24-12-10-17/h1-12,14,20,25,27H,13,15H2,(H,26,28)/t20-/m0/s1. The van der Waals surface area contributed by atoms with Gasteiger partial charge in [0.2, 0.25) is 0 Å². The Morgan fingerprint density at radius 1 is 1.00 bits per heavy atom. The van der Waals surface area contributed by atoms with E-state index in [1.165, 1.54) is 0 Å². The molecule has 0 bridgehead atoms. The van der Waals surface area contributed by atoms with Gasteiger partial charge in [-0.3, -0.25) is 9.78 Å². The van der Waals surface area contributed by atoms with Gasteiger partial charge in [0.05, 0.1) is 12.6 Å². The van der Waals surface area contributed by atoms with Gasteiger partial charge in [-0.1, -0.05) is 30.3 Å². The summed E-state index contributed by atoms with van der Waals surface area (Å²) in [4.78, 5) is 19.9. The summed E-state index contributed by atoms with van der Waals surface area (Å²) in [6, 6.07) is 18.9. The van der Waals surface area contributed by atoms with Crippen molar-refractivity contribution in [3.8, 4) is 11.1 Å². The summed E-state index contributed by atoms with van der Waals surface area (Å²) in [6.07, 6.45) is 5.98. The predicted octanol–water partition coefficient (Wildman–Crippen LogP) is 3.56. The summed E-state index contributed by atoms with van der Waals surface area (Å²) < 4.78 is 0. The van der Waals surface area contributed by atoms with Gasteiger partial charge in [-0.05, 0) is 53.4 Å². The monoisotopic (exact) mass is 371 g/mol. The molecule has 0 saturated heterocycles. The molecule has 0 spiro atoms. The third kappa shape index (κ3) is 3.80. The minimum atomic E-state index is -0.355. The molecule has 2 aromatic carbocycles. The van der Waals surface area contributed by atoms with Gasteiger partial charge in [0, 0.05) is 35.1 Å². The van der Waals surface area contributed by atoms with Crippen molar-refractivity contribution in [2.45, 2.75) is 12.5 Å². The van der Waals surface area contributed by atoms with Gasteiger partial charge in [0.25, 0.3) is 5.91 Å². The molecule has 0 fully saturated rings. The van der Waals surface area contributed by atoms with Gasteiger partial charge in [-0.15, -0.1) is 0 Å². The number of hydrogen-bond acceptors (Lipinski definition) is 3. The first-order chi connectivity index (χ1) is 13.7. The third-order valence-electron chi connectivity index (χ3n) is 4.86. The summed E-state index contributed by atoms with van der Waals surface area (Å²) in [7, 11) is 0. The lowest BCUT2D eigenvalue weighted by atomic mass is 10.0. The number of H-pyrrole nitrogens is 1. The number of aromatic amines is 1. The Balaban J connectivity index is 1.45. The van der Waals surface area contributed by atoms with E-state index >= 15 is 0 Å². The van der Waals surface area contributed by atoms with Gasteiger partial charge < -0.3 is 15.4 Å². The van der Waals surface area contributed by atoms with Crippen molar-refractivity contribution in [3.05, 3.63) is 90.4 Å². The number of amides is 1. The summed E-state index contributed by atoms with van der Waals surface area (Å²) in [6.45, 7) is -0.125. The highest BCUT2D eigenvalue weighted by atomic mass is 16.3. The molecule has 0 aliphatic heterocycles. The number of carbonyl (C=O) groups is 1. The molecule has 0 radical (unpaired) electrons. The Hall–Kier alpha value is -3.44. The predicted molar refractivity (Wildman–Crippen MR) is 110 cm³/mol. The van der Waals surface area contributed by atoms with Crippen LogP contribution >= 0.6 is 0 Å². The van der Waals surface area contributed by atoms with E-state index in [1.807, 2.05) is 54.7 Å². The smallest absolute Gasteiger partial charge is 0.251 e. The second-order valence-electron chi connectivity index (χ2n) is 6.73. The highest BCUT2D eigenvalue weighted by Gasteiger charge is 2.15. The molecule has 5 nitrogen and oxygen atoms in total. The SMILES string of the molecule is O=C(N[C@H](CO)Cc1c[nH]c2ccccc12)c1ccc(-c2ccncc2)cc1. The molecule has 0 aliphatic carbocycles. The average Bonchev–Trinajstić information content (AvgIpc) is 3.17. The van der Waals surface area contributed by atoms with Crippen molar-refractivity contribution in [1.29, 1.82) is 0 Å². The molecular formula is C23H21N3O2. The van der Waals surface area contributed by atoms with E-state index in [-0.39, 0.29) is 18.6 Å². The zero-order chi connectivity index (χ0) is 19.3. The van der Waals surface area contributed by atoms with Crippen LogP contribution in [0.1, 0.15) is 15.9 Å². The number of carbonyl (C=O) groups excluding carboxylic acids is 1. The van der Waals surface area contributed by atoms with Crippen molar-refractivity contribution in [1.82, 2.24) is 15.3 Å². The molecule has 1 atom stereocenters. The number of nitrogens with one attached hydrogen (secondary N) is 2. The van der Waals surface area contributed by atoms with Crippen molar-refractivity contribution in [2.75, 3.05) is 6.61 Å². The average molecular weight is 371 g/mol. The van der Waals surface area contributed by atoms with Crippen LogP contribution in [0.25, 0.3) is 22.0 Å². The number of benzene rings is 2. The number of aliphatic hydroxyl groups is 1. The van der Waals surface area contributed by atoms with E-state index in [4.69, 9.17) is 0 Å². The zero-order valence-corrected chi connectivity index (χ0v) is 15.3. The molecule has 4 rings (SSSR count). The van der Waals surface area contributed by atoms with Gasteiger partial charge in [-0.2, -0.15) is 0 Å². The Kier molecular flexibility index (Phi) is 5.17. The minimum Gasteiger partial charge on any atom is -0.394 e. The van der Waals surface area contributed by atoms with Crippen LogP contribution in [-0.4, -0.2) is 33.6 Å². The van der Waals surface area contributed by atoms with Crippen LogP contribution in [0.15, 0.2) is 79.3 Å². The fourth-order valence-electron chi connectivity index (χ4n) is 3.35. The first kappa shape index (κ1) is 17.9. The van der Waals surface area contributed by atoms with Crippen LogP contribution in [0.2, 0.25) is 0 Å². The first-order valence-corrected chi connectivity index (χ1v) is 9.22. The molecule has 0 saturated carbocycles. The van der Waals surface area contributed by atoms with Crippen LogP contribution in [-0.2, 0) is 6.42 Å². The van der Waals surface area contributed by atoms with E-state index in [0.29, 0.717) is 12.0 Å². The van der Waals surface area contributed by atoms with Crippen LogP contribution in [0.5, 0.6) is 0 Å². The maximum absolute atomic E-state index is 12.6. The van der Waals surface area contributed by atoms with E-state index in [0.717, 1.165) is 27.6 Å². The number of rotatable bonds is 6. The number of para-hydroxylation sites is 1. The first-order valence-electron chi connectivity index (χ1n) is 9.22. The highest BCUT2D eigenvalue weighted by molar-refractivity contribution is 5.95. The number of fused-ring (bicyclic) bond motifs is 1. The van der Waals surface area contributed by atoms with Gasteiger partial charge in [0.1, 0.15) is 0 Å². The fraction of sp³-hybridized carbons (Fsp3) is 0.130. The normalized spacial score (nSPS) is 12.0. The number of pyridine rings is 1. The van der Waals surface area contributed by atoms with Crippen molar-refractivity contribution in [2.24, 2.45) is 0 Å². The van der Waals surface area contributed by atoms with Crippen molar-refractivity contribution >= 4 is 16.8 Å². The molecule has 2 aromatic heterocycles. The van der Waals surface area contributed by atoms with Crippen LogP contribution in [0, 0.1) is 0 Å². The lowest BCUT2D eigenvalue weighted by Crippen LogP contribution is -2.39. The molecule has 1 amide bonds. The van der Waals surface area contributed by atoms with E-state index in [1.54, 1.807) is 24.5 Å². The van der Waals surface area contributed by atoms with Gasteiger partial charge in [0.15, 0.2) is 0 Å². The highest BCUT2D eigenvalue weighted by Crippen LogP contribution is 2.20. The maximum atomic E-state index is 12.6. The summed E-state index contributed by atoms with van der Waals surface area (Å²) in [5.74, 6) is -0.194. The molecule has 4 aromatic rings. The van der Waals surface area contributed by atoms with Gasteiger partial charge >= 0.3 is 0 Å². The topological polar surface area (TPSA) is 78.0 Å². The maximum Gasteiger partial charge on any atom is 0.251 e. The number of nitrogens with zero attached hydrogens (tertiary/aromatic N) is 1. The largest absolute Gasteiger partial charge is 0.394 e. The van der Waals surface area contributed by atoms with Crippen LogP contribution in [0.3, 0.4) is 0 Å². The fourth-order valence-corrected chi connectivity index (χ4v) is 3.35. The Bertz CT molecular complexity index is 1070. The molecule has 0 aliphatic rings. The van der Waals surface area contributed by atoms with Gasteiger partial charge in [-0.25, -0.2) is 0 Å². The van der Waals surface area contributed by atoms with Crippen LogP contribution in [0.4, 0.5) is 0 Å². The molecular weight excluding hydrogens is 350 g/mol. The molecule has 2 heterocycles. The minimum absolute atomic E-state index is 0.125. The van der Waals surface area contributed by atoms with E-state index in [2.05, 4.69) is 15.3 Å². The van der Waals surface area contributed by atoms with E-state index in [9.17, 15) is 9.90 Å². The second-order valence-corrected chi connectivity index (χ2v) is 6.73. The summed E-state index contributed by atoms with van der Waals surface area (Å²) >= 11 is 0. The Morgan fingerprint density at radius 3 is 2.46 bits per heavy atom. The Morgan fingerprint density at radius 2 is 1.71 bits per heavy atom. The third-order valence-corrected chi connectivity index (χ3v) is 4.86. The Labute approximate surface area is 163 Å². The number of aromatic nitrogens is 2. The molecule has 28 heavy (non-hydrogen) atoms. The molecule has 3 N–H and O–H groups in total. The second kappa shape index (κ2) is 8.06. The van der Waals surface area contributed by atoms with E-state index < -0.39 is 0 Å². The number of hydrogen-bond donors (Lipinski definition) is 3. The quantitative estimate of drug-likeness (QED) is 0.485.